The smallest absolute Gasteiger partial charge is 0.416 e. The second-order valence-electron chi connectivity index (χ2n) is 10.7. The lowest BCUT2D eigenvalue weighted by Crippen LogP contribution is -2.38. The minimum atomic E-state index is -0.691. The van der Waals surface area contributed by atoms with Gasteiger partial charge < -0.3 is 14.8 Å². The van der Waals surface area contributed by atoms with Crippen LogP contribution in [0.25, 0.3) is 5.52 Å². The molecule has 1 atom stereocenters. The van der Waals surface area contributed by atoms with Crippen LogP contribution < -0.4 is 10.2 Å². The van der Waals surface area contributed by atoms with Gasteiger partial charge in [0.15, 0.2) is 5.82 Å². The largest absolute Gasteiger partial charge is 0.444 e. The van der Waals surface area contributed by atoms with E-state index in [1.807, 2.05) is 79.0 Å². The fourth-order valence-corrected chi connectivity index (χ4v) is 4.43. The Kier molecular flexibility index (Phi) is 8.20. The Labute approximate surface area is 220 Å². The minimum absolute atomic E-state index is 0.00224. The quantitative estimate of drug-likeness (QED) is 0.406. The number of hydrogen-bond donors (Lipinski definition) is 1. The Bertz CT molecular complexity index is 1230. The molecule has 3 aromatic heterocycles. The van der Waals surface area contributed by atoms with Crippen molar-refractivity contribution >= 4 is 46.5 Å². The summed E-state index contributed by atoms with van der Waals surface area (Å²) >= 11 is 7.84. The lowest BCUT2D eigenvalue weighted by molar-refractivity contribution is 0.0506. The topological polar surface area (TPSA) is 98.1 Å². The molecule has 36 heavy (non-hydrogen) atoms. The summed E-state index contributed by atoms with van der Waals surface area (Å²) in [6.07, 6.45) is -0.497. The number of fused-ring (bicyclic) bond motifs is 1. The Morgan fingerprint density at radius 2 is 1.86 bits per heavy atom. The maximum absolute atomic E-state index is 13.3. The van der Waals surface area contributed by atoms with E-state index in [0.29, 0.717) is 17.8 Å². The molecule has 1 N–H and O–H groups in total. The number of rotatable bonds is 6. The zero-order chi connectivity index (χ0) is 26.8. The van der Waals surface area contributed by atoms with Gasteiger partial charge in [0.2, 0.25) is 5.28 Å². The average Bonchev–Trinajstić information content (AvgIpc) is 3.32. The standard InChI is InChI=1S/C25H34ClN5O4S/c1-15(27-22(32)34-24(3,4)5)12-17-13-19-20(28-21(26)29-31(19)16(17)2)30(14-18-10-9-11-36-18)23(33)35-25(6,7)8/h9-11,13,15H,12,14H2,1-8H3,(H,27,32)/t15-/m0/s1. The van der Waals surface area contributed by atoms with Gasteiger partial charge in [-0.3, -0.25) is 4.90 Å². The zero-order valence-electron chi connectivity index (χ0n) is 22.0. The molecule has 0 saturated heterocycles. The first kappa shape index (κ1) is 27.7. The number of nitrogens with one attached hydrogen (secondary N) is 1. The number of carbonyl (C=O) groups is 2. The molecule has 0 aliphatic rings. The summed E-state index contributed by atoms with van der Waals surface area (Å²) in [7, 11) is 0. The highest BCUT2D eigenvalue weighted by Gasteiger charge is 2.28. The number of amides is 2. The van der Waals surface area contributed by atoms with Crippen LogP contribution in [0.3, 0.4) is 0 Å². The van der Waals surface area contributed by atoms with Crippen molar-refractivity contribution in [1.82, 2.24) is 19.9 Å². The first-order valence-electron chi connectivity index (χ1n) is 11.7. The third-order valence-electron chi connectivity index (χ3n) is 4.98. The van der Waals surface area contributed by atoms with Gasteiger partial charge in [-0.2, -0.15) is 4.98 Å². The summed E-state index contributed by atoms with van der Waals surface area (Å²) in [6, 6.07) is 5.57. The van der Waals surface area contributed by atoms with E-state index in [4.69, 9.17) is 21.1 Å². The Morgan fingerprint density at radius 1 is 1.19 bits per heavy atom. The van der Waals surface area contributed by atoms with Gasteiger partial charge in [0, 0.05) is 16.6 Å². The lowest BCUT2D eigenvalue weighted by Gasteiger charge is -2.27. The summed E-state index contributed by atoms with van der Waals surface area (Å²) in [5.74, 6) is 0.347. The molecule has 0 aliphatic heterocycles. The minimum Gasteiger partial charge on any atom is -0.444 e. The van der Waals surface area contributed by atoms with Crippen LogP contribution in [-0.2, 0) is 22.4 Å². The molecular formula is C25H34ClN5O4S. The van der Waals surface area contributed by atoms with Gasteiger partial charge in [-0.1, -0.05) is 6.07 Å². The number of hydrogen-bond acceptors (Lipinski definition) is 7. The summed E-state index contributed by atoms with van der Waals surface area (Å²) in [6.45, 7) is 15.0. The second kappa shape index (κ2) is 10.6. The molecular weight excluding hydrogens is 502 g/mol. The normalized spacial score (nSPS) is 12.9. The van der Waals surface area contributed by atoms with Gasteiger partial charge in [-0.25, -0.2) is 14.1 Å². The van der Waals surface area contributed by atoms with Crippen molar-refractivity contribution in [3.05, 3.63) is 45.0 Å². The highest BCUT2D eigenvalue weighted by atomic mass is 35.5. The van der Waals surface area contributed by atoms with Crippen LogP contribution in [0.5, 0.6) is 0 Å². The Balaban J connectivity index is 1.98. The van der Waals surface area contributed by atoms with E-state index in [2.05, 4.69) is 15.4 Å². The monoisotopic (exact) mass is 535 g/mol. The lowest BCUT2D eigenvalue weighted by atomic mass is 10.1. The van der Waals surface area contributed by atoms with Crippen molar-refractivity contribution in [1.29, 1.82) is 0 Å². The number of aromatic nitrogens is 3. The van der Waals surface area contributed by atoms with Crippen molar-refractivity contribution in [2.24, 2.45) is 0 Å². The summed E-state index contributed by atoms with van der Waals surface area (Å²) in [4.78, 5) is 32.4. The predicted octanol–water partition coefficient (Wildman–Crippen LogP) is 6.15. The molecule has 0 aromatic carbocycles. The van der Waals surface area contributed by atoms with E-state index in [1.54, 1.807) is 4.52 Å². The number of thiophene rings is 1. The Hall–Kier alpha value is -2.85. The summed E-state index contributed by atoms with van der Waals surface area (Å²) < 4.78 is 12.7. The zero-order valence-corrected chi connectivity index (χ0v) is 23.6. The number of nitrogens with zero attached hydrogens (tertiary/aromatic N) is 4. The van der Waals surface area contributed by atoms with E-state index in [1.165, 1.54) is 16.2 Å². The molecule has 11 heteroatoms. The third-order valence-corrected chi connectivity index (χ3v) is 6.01. The average molecular weight is 536 g/mol. The molecule has 0 spiro atoms. The van der Waals surface area contributed by atoms with Crippen molar-refractivity contribution in [2.75, 3.05) is 4.90 Å². The van der Waals surface area contributed by atoms with Crippen LogP contribution in [0.2, 0.25) is 5.28 Å². The first-order chi connectivity index (χ1) is 16.6. The number of halogens is 1. The van der Waals surface area contributed by atoms with Crippen LogP contribution >= 0.6 is 22.9 Å². The van der Waals surface area contributed by atoms with Crippen molar-refractivity contribution in [3.8, 4) is 0 Å². The number of anilines is 1. The first-order valence-corrected chi connectivity index (χ1v) is 13.0. The summed E-state index contributed by atoms with van der Waals surface area (Å²) in [5, 5.41) is 9.18. The van der Waals surface area contributed by atoms with Gasteiger partial charge in [0.05, 0.1) is 6.54 Å². The van der Waals surface area contributed by atoms with Crippen LogP contribution in [0.4, 0.5) is 15.4 Å². The van der Waals surface area contributed by atoms with Crippen LogP contribution in [0.1, 0.15) is 64.6 Å². The molecule has 0 radical (unpaired) electrons. The van der Waals surface area contributed by atoms with Gasteiger partial charge in [0.25, 0.3) is 0 Å². The number of aryl methyl sites for hydroxylation is 1. The van der Waals surface area contributed by atoms with Gasteiger partial charge in [0.1, 0.15) is 16.7 Å². The maximum atomic E-state index is 13.3. The fraction of sp³-hybridized carbons (Fsp3) is 0.520. The molecule has 0 saturated carbocycles. The van der Waals surface area contributed by atoms with Crippen LogP contribution in [-0.4, -0.2) is 44.0 Å². The maximum Gasteiger partial charge on any atom is 0.416 e. The molecule has 0 fully saturated rings. The molecule has 3 rings (SSSR count). The van der Waals surface area contributed by atoms with Crippen molar-refractivity contribution < 1.29 is 19.1 Å². The predicted molar refractivity (Wildman–Crippen MR) is 142 cm³/mol. The van der Waals surface area contributed by atoms with Crippen LogP contribution in [0, 0.1) is 6.92 Å². The van der Waals surface area contributed by atoms with Crippen molar-refractivity contribution in [3.63, 3.8) is 0 Å². The van der Waals surface area contributed by atoms with E-state index in [0.717, 1.165) is 16.1 Å². The van der Waals surface area contributed by atoms with E-state index < -0.39 is 23.4 Å². The highest BCUT2D eigenvalue weighted by Crippen LogP contribution is 2.29. The Morgan fingerprint density at radius 3 is 2.44 bits per heavy atom. The third kappa shape index (κ3) is 7.33. The summed E-state index contributed by atoms with van der Waals surface area (Å²) in [5.41, 5.74) is 1.09. The molecule has 0 aliphatic carbocycles. The number of alkyl carbamates (subject to hydrolysis) is 1. The molecule has 3 heterocycles. The fourth-order valence-electron chi connectivity index (χ4n) is 3.58. The highest BCUT2D eigenvalue weighted by molar-refractivity contribution is 7.09. The molecule has 3 aromatic rings. The van der Waals surface area contributed by atoms with Gasteiger partial charge >= 0.3 is 12.2 Å². The molecule has 196 valence electrons. The van der Waals surface area contributed by atoms with Crippen molar-refractivity contribution in [2.45, 2.75) is 85.6 Å². The van der Waals surface area contributed by atoms with E-state index >= 15 is 0 Å². The number of ether oxygens (including phenoxy) is 2. The number of carbonyl (C=O) groups excluding carboxylic acids is 2. The SMILES string of the molecule is Cc1c(C[C@H](C)NC(=O)OC(C)(C)C)cc2c(N(Cc3cccs3)C(=O)OC(C)(C)C)nc(Cl)nn12. The molecule has 2 amide bonds. The van der Waals surface area contributed by atoms with Gasteiger partial charge in [-0.15, -0.1) is 16.4 Å². The molecule has 9 nitrogen and oxygen atoms in total. The second-order valence-corrected chi connectivity index (χ2v) is 12.0. The van der Waals surface area contributed by atoms with E-state index in [-0.39, 0.29) is 17.9 Å². The van der Waals surface area contributed by atoms with E-state index in [9.17, 15) is 9.59 Å². The van der Waals surface area contributed by atoms with Crippen LogP contribution in [0.15, 0.2) is 23.6 Å². The molecule has 0 bridgehead atoms. The van der Waals surface area contributed by atoms with Gasteiger partial charge in [-0.05, 0) is 96.5 Å². The molecule has 0 unspecified atom stereocenters.